The van der Waals surface area contributed by atoms with Crippen LogP contribution in [-0.2, 0) is 11.3 Å². The zero-order valence-corrected chi connectivity index (χ0v) is 11.5. The fourth-order valence-electron chi connectivity index (χ4n) is 1.98. The van der Waals surface area contributed by atoms with Gasteiger partial charge in [-0.15, -0.1) is 0 Å². The average molecular weight is 269 g/mol. The molecule has 0 aliphatic heterocycles. The normalized spacial score (nSPS) is 11.8. The Morgan fingerprint density at radius 3 is 2.65 bits per heavy atom. The van der Waals surface area contributed by atoms with Crippen LogP contribution < -0.4 is 11.1 Å². The van der Waals surface area contributed by atoms with Crippen molar-refractivity contribution in [3.8, 4) is 0 Å². The van der Waals surface area contributed by atoms with Crippen LogP contribution in [0, 0.1) is 0 Å². The van der Waals surface area contributed by atoms with Crippen LogP contribution >= 0.6 is 0 Å². The van der Waals surface area contributed by atoms with Gasteiger partial charge in [-0.2, -0.15) is 0 Å². The molecular weight excluding hydrogens is 250 g/mol. The molecular formula is C16H19N3O. The number of amides is 1. The molecule has 1 amide bonds. The predicted molar refractivity (Wildman–Crippen MR) is 80.0 cm³/mol. The smallest absolute Gasteiger partial charge is 0.220 e. The molecule has 1 aromatic carbocycles. The summed E-state index contributed by atoms with van der Waals surface area (Å²) < 4.78 is 0. The predicted octanol–water partition coefficient (Wildman–Crippen LogP) is 2.47. The lowest BCUT2D eigenvalue weighted by atomic mass is 9.97. The molecule has 1 atom stereocenters. The maximum atomic E-state index is 11.9. The summed E-state index contributed by atoms with van der Waals surface area (Å²) in [7, 11) is 0. The van der Waals surface area contributed by atoms with Gasteiger partial charge in [-0.25, -0.2) is 0 Å². The number of anilines is 1. The fourth-order valence-corrected chi connectivity index (χ4v) is 1.98. The van der Waals surface area contributed by atoms with Crippen molar-refractivity contribution in [1.29, 1.82) is 0 Å². The summed E-state index contributed by atoms with van der Waals surface area (Å²) in [5.41, 5.74) is 8.37. The largest absolute Gasteiger partial charge is 0.399 e. The van der Waals surface area contributed by atoms with E-state index in [0.717, 1.165) is 16.9 Å². The molecule has 0 fully saturated rings. The summed E-state index contributed by atoms with van der Waals surface area (Å²) in [5, 5.41) is 2.88. The minimum Gasteiger partial charge on any atom is -0.399 e. The monoisotopic (exact) mass is 269 g/mol. The zero-order valence-electron chi connectivity index (χ0n) is 11.5. The van der Waals surface area contributed by atoms with Gasteiger partial charge >= 0.3 is 0 Å². The molecule has 1 heterocycles. The van der Waals surface area contributed by atoms with Crippen molar-refractivity contribution in [3.63, 3.8) is 0 Å². The summed E-state index contributed by atoms with van der Waals surface area (Å²) in [6.07, 6.45) is 2.18. The Morgan fingerprint density at radius 2 is 2.00 bits per heavy atom. The van der Waals surface area contributed by atoms with Crippen LogP contribution in [-0.4, -0.2) is 10.9 Å². The topological polar surface area (TPSA) is 68.0 Å². The number of nitrogens with zero attached hydrogens (tertiary/aromatic N) is 1. The Labute approximate surface area is 119 Å². The number of benzene rings is 1. The third kappa shape index (κ3) is 4.09. The second-order valence-electron chi connectivity index (χ2n) is 4.87. The first kappa shape index (κ1) is 14.1. The van der Waals surface area contributed by atoms with Crippen LogP contribution in [0.25, 0.3) is 0 Å². The molecule has 4 heteroatoms. The van der Waals surface area contributed by atoms with Crippen molar-refractivity contribution in [2.75, 3.05) is 5.73 Å². The first-order valence-electron chi connectivity index (χ1n) is 6.67. The van der Waals surface area contributed by atoms with Gasteiger partial charge in [0, 0.05) is 18.3 Å². The third-order valence-corrected chi connectivity index (χ3v) is 3.19. The van der Waals surface area contributed by atoms with E-state index < -0.39 is 0 Å². The quantitative estimate of drug-likeness (QED) is 0.819. The van der Waals surface area contributed by atoms with Crippen LogP contribution in [0.2, 0.25) is 0 Å². The summed E-state index contributed by atoms with van der Waals surface area (Å²) >= 11 is 0. The Bertz CT molecular complexity index is 552. The first-order chi connectivity index (χ1) is 9.65. The molecule has 0 saturated heterocycles. The molecule has 3 N–H and O–H groups in total. The van der Waals surface area contributed by atoms with Gasteiger partial charge in [0.15, 0.2) is 0 Å². The molecule has 0 aliphatic rings. The number of rotatable bonds is 5. The van der Waals surface area contributed by atoms with Crippen molar-refractivity contribution >= 4 is 11.6 Å². The number of nitrogens with one attached hydrogen (secondary N) is 1. The lowest BCUT2D eigenvalue weighted by Gasteiger charge is -2.12. The second kappa shape index (κ2) is 6.70. The highest BCUT2D eigenvalue weighted by molar-refractivity contribution is 5.76. The van der Waals surface area contributed by atoms with Crippen molar-refractivity contribution in [3.05, 3.63) is 59.9 Å². The maximum Gasteiger partial charge on any atom is 0.220 e. The molecule has 2 rings (SSSR count). The van der Waals surface area contributed by atoms with E-state index >= 15 is 0 Å². The number of aromatic nitrogens is 1. The Morgan fingerprint density at radius 1 is 1.25 bits per heavy atom. The molecule has 1 aromatic heterocycles. The maximum absolute atomic E-state index is 11.9. The number of hydrogen-bond donors (Lipinski definition) is 2. The van der Waals surface area contributed by atoms with E-state index in [4.69, 9.17) is 5.73 Å². The van der Waals surface area contributed by atoms with Gasteiger partial charge in [0.05, 0.1) is 12.2 Å². The number of carbonyl (C=O) groups is 1. The highest BCUT2D eigenvalue weighted by atomic mass is 16.1. The lowest BCUT2D eigenvalue weighted by Crippen LogP contribution is -2.24. The van der Waals surface area contributed by atoms with E-state index in [1.165, 1.54) is 0 Å². The van der Waals surface area contributed by atoms with Gasteiger partial charge in [0.2, 0.25) is 5.91 Å². The third-order valence-electron chi connectivity index (χ3n) is 3.19. The van der Waals surface area contributed by atoms with Gasteiger partial charge in [-0.1, -0.05) is 25.1 Å². The molecule has 0 aliphatic carbocycles. The highest BCUT2D eigenvalue weighted by Crippen LogP contribution is 2.19. The van der Waals surface area contributed by atoms with Crippen molar-refractivity contribution < 1.29 is 4.79 Å². The lowest BCUT2D eigenvalue weighted by molar-refractivity contribution is -0.121. The van der Waals surface area contributed by atoms with Crippen LogP contribution in [0.3, 0.4) is 0 Å². The zero-order chi connectivity index (χ0) is 14.4. The second-order valence-corrected chi connectivity index (χ2v) is 4.87. The van der Waals surface area contributed by atoms with Crippen molar-refractivity contribution in [2.45, 2.75) is 25.8 Å². The Hall–Kier alpha value is -2.36. The summed E-state index contributed by atoms with van der Waals surface area (Å²) in [6.45, 7) is 2.50. The van der Waals surface area contributed by atoms with Crippen LogP contribution in [0.1, 0.15) is 30.5 Å². The van der Waals surface area contributed by atoms with Crippen LogP contribution in [0.4, 0.5) is 5.69 Å². The average Bonchev–Trinajstić information content (AvgIpc) is 2.47. The first-order valence-corrected chi connectivity index (χ1v) is 6.67. The minimum atomic E-state index is 0.0278. The van der Waals surface area contributed by atoms with Crippen LogP contribution in [0.5, 0.6) is 0 Å². The standard InChI is InChI=1S/C16H19N3O/c1-12(13-5-7-14(17)8-6-13)10-16(20)19-11-15-4-2-3-9-18-15/h2-9,12H,10-11,17H2,1H3,(H,19,20). The fraction of sp³-hybridized carbons (Fsp3) is 0.250. The number of pyridine rings is 1. The number of hydrogen-bond acceptors (Lipinski definition) is 3. The number of nitrogen functional groups attached to an aromatic ring is 1. The molecule has 0 radical (unpaired) electrons. The van der Waals surface area contributed by atoms with E-state index in [0.29, 0.717) is 13.0 Å². The molecule has 20 heavy (non-hydrogen) atoms. The van der Waals surface area contributed by atoms with Gasteiger partial charge in [0.25, 0.3) is 0 Å². The molecule has 0 bridgehead atoms. The minimum absolute atomic E-state index is 0.0278. The molecule has 1 unspecified atom stereocenters. The van der Waals surface area contributed by atoms with E-state index in [1.54, 1.807) is 6.20 Å². The summed E-state index contributed by atoms with van der Waals surface area (Å²) in [4.78, 5) is 16.1. The summed E-state index contributed by atoms with van der Waals surface area (Å²) in [6, 6.07) is 13.3. The van der Waals surface area contributed by atoms with Gasteiger partial charge in [-0.05, 0) is 35.7 Å². The van der Waals surface area contributed by atoms with E-state index in [2.05, 4.69) is 10.3 Å². The number of nitrogens with two attached hydrogens (primary N) is 1. The van der Waals surface area contributed by atoms with Gasteiger partial charge < -0.3 is 11.1 Å². The molecule has 104 valence electrons. The van der Waals surface area contributed by atoms with Gasteiger partial charge in [0.1, 0.15) is 0 Å². The Balaban J connectivity index is 1.83. The van der Waals surface area contributed by atoms with Gasteiger partial charge in [-0.3, -0.25) is 9.78 Å². The molecule has 0 spiro atoms. The van der Waals surface area contributed by atoms with E-state index in [1.807, 2.05) is 49.4 Å². The Kier molecular flexibility index (Phi) is 4.71. The molecule has 4 nitrogen and oxygen atoms in total. The highest BCUT2D eigenvalue weighted by Gasteiger charge is 2.11. The molecule has 2 aromatic rings. The van der Waals surface area contributed by atoms with E-state index in [9.17, 15) is 4.79 Å². The summed E-state index contributed by atoms with van der Waals surface area (Å²) in [5.74, 6) is 0.194. The van der Waals surface area contributed by atoms with Crippen molar-refractivity contribution in [2.24, 2.45) is 0 Å². The van der Waals surface area contributed by atoms with E-state index in [-0.39, 0.29) is 11.8 Å². The van der Waals surface area contributed by atoms with Crippen molar-refractivity contribution in [1.82, 2.24) is 10.3 Å². The van der Waals surface area contributed by atoms with Crippen LogP contribution in [0.15, 0.2) is 48.7 Å². The SMILES string of the molecule is CC(CC(=O)NCc1ccccn1)c1ccc(N)cc1. The molecule has 0 saturated carbocycles. The number of carbonyl (C=O) groups excluding carboxylic acids is 1.